The van der Waals surface area contributed by atoms with Gasteiger partial charge in [-0.25, -0.2) is 0 Å². The van der Waals surface area contributed by atoms with E-state index in [1.54, 1.807) is 12.0 Å². The maximum absolute atomic E-state index is 12.5. The molecule has 1 atom stereocenters. The van der Waals surface area contributed by atoms with Crippen LogP contribution in [0, 0.1) is 6.92 Å². The summed E-state index contributed by atoms with van der Waals surface area (Å²) in [6.45, 7) is 2.80. The second-order valence-corrected chi connectivity index (χ2v) is 8.55. The van der Waals surface area contributed by atoms with Crippen LogP contribution in [0.2, 0.25) is 0 Å². The molecule has 32 heavy (non-hydrogen) atoms. The number of aromatic nitrogens is 1. The summed E-state index contributed by atoms with van der Waals surface area (Å²) < 4.78 is 15.6. The van der Waals surface area contributed by atoms with Gasteiger partial charge in [0.05, 0.1) is 19.3 Å². The third-order valence-corrected chi connectivity index (χ3v) is 6.13. The van der Waals surface area contributed by atoms with E-state index in [9.17, 15) is 9.59 Å². The standard InChI is InChI=1S/C24H25N3O4S/c1-16-10-23(32-26-16)25-22(28)14-27-13-19(12-24(27)29)18-8-9-20(30-2)21(11-18)31-15-17-6-4-3-5-7-17/h3-11,19H,12-15H2,1-2H3,(H,25,28). The molecule has 7 nitrogen and oxygen atoms in total. The molecule has 1 unspecified atom stereocenters. The van der Waals surface area contributed by atoms with Crippen LogP contribution in [0.5, 0.6) is 11.5 Å². The normalized spacial score (nSPS) is 15.6. The van der Waals surface area contributed by atoms with E-state index >= 15 is 0 Å². The van der Waals surface area contributed by atoms with E-state index in [4.69, 9.17) is 9.47 Å². The van der Waals surface area contributed by atoms with Gasteiger partial charge in [-0.2, -0.15) is 4.37 Å². The molecule has 0 radical (unpaired) electrons. The van der Waals surface area contributed by atoms with Gasteiger partial charge in [-0.1, -0.05) is 36.4 Å². The van der Waals surface area contributed by atoms with Crippen LogP contribution in [-0.2, 0) is 16.2 Å². The quantitative estimate of drug-likeness (QED) is 0.560. The Labute approximate surface area is 191 Å². The highest BCUT2D eigenvalue weighted by atomic mass is 32.1. The number of likely N-dealkylation sites (tertiary alicyclic amines) is 1. The highest BCUT2D eigenvalue weighted by molar-refractivity contribution is 7.10. The summed E-state index contributed by atoms with van der Waals surface area (Å²) >= 11 is 1.23. The van der Waals surface area contributed by atoms with Crippen LogP contribution in [0.1, 0.15) is 29.2 Å². The molecule has 0 bridgehead atoms. The Balaban J connectivity index is 1.40. The molecule has 1 aliphatic rings. The zero-order valence-electron chi connectivity index (χ0n) is 18.0. The van der Waals surface area contributed by atoms with Gasteiger partial charge in [0.15, 0.2) is 11.5 Å². The number of ether oxygens (including phenoxy) is 2. The number of rotatable bonds is 8. The number of hydrogen-bond donors (Lipinski definition) is 1. The molecule has 2 amide bonds. The average Bonchev–Trinajstić information content (AvgIpc) is 3.37. The van der Waals surface area contributed by atoms with Crippen LogP contribution in [0.4, 0.5) is 5.00 Å². The van der Waals surface area contributed by atoms with Crippen molar-refractivity contribution in [3.63, 3.8) is 0 Å². The Kier molecular flexibility index (Phi) is 6.70. The van der Waals surface area contributed by atoms with Crippen molar-refractivity contribution in [2.45, 2.75) is 25.9 Å². The van der Waals surface area contributed by atoms with Crippen LogP contribution >= 0.6 is 11.5 Å². The predicted octanol–water partition coefficient (Wildman–Crippen LogP) is 3.99. The third-order valence-electron chi connectivity index (χ3n) is 5.34. The molecule has 0 spiro atoms. The lowest BCUT2D eigenvalue weighted by Crippen LogP contribution is -2.34. The summed E-state index contributed by atoms with van der Waals surface area (Å²) in [5, 5.41) is 3.49. The fourth-order valence-corrected chi connectivity index (χ4v) is 4.39. The van der Waals surface area contributed by atoms with Crippen LogP contribution in [-0.4, -0.2) is 41.3 Å². The predicted molar refractivity (Wildman–Crippen MR) is 123 cm³/mol. The Bertz CT molecular complexity index is 1100. The van der Waals surface area contributed by atoms with Crippen molar-refractivity contribution in [3.05, 3.63) is 71.4 Å². The number of benzene rings is 2. The Morgan fingerprint density at radius 2 is 2.00 bits per heavy atom. The topological polar surface area (TPSA) is 80.8 Å². The number of aryl methyl sites for hydroxylation is 1. The molecule has 3 aromatic rings. The van der Waals surface area contributed by atoms with Gasteiger partial charge in [-0.15, -0.1) is 0 Å². The summed E-state index contributed by atoms with van der Waals surface area (Å²) in [4.78, 5) is 26.5. The van der Waals surface area contributed by atoms with E-state index in [2.05, 4.69) is 9.69 Å². The van der Waals surface area contributed by atoms with Gasteiger partial charge in [-0.05, 0) is 47.8 Å². The van der Waals surface area contributed by atoms with E-state index in [1.165, 1.54) is 11.5 Å². The molecule has 2 heterocycles. The van der Waals surface area contributed by atoms with Gasteiger partial charge in [0.25, 0.3) is 0 Å². The zero-order valence-corrected chi connectivity index (χ0v) is 18.9. The molecule has 1 aromatic heterocycles. The minimum absolute atomic E-state index is 0.00840. The van der Waals surface area contributed by atoms with E-state index < -0.39 is 0 Å². The van der Waals surface area contributed by atoms with Crippen molar-refractivity contribution in [2.75, 3.05) is 25.5 Å². The molecule has 4 rings (SSSR count). The molecule has 2 aromatic carbocycles. The molecule has 1 fully saturated rings. The van der Waals surface area contributed by atoms with Crippen molar-refractivity contribution < 1.29 is 19.1 Å². The van der Waals surface area contributed by atoms with E-state index in [1.807, 2.05) is 61.5 Å². The molecule has 166 valence electrons. The monoisotopic (exact) mass is 451 g/mol. The van der Waals surface area contributed by atoms with Crippen molar-refractivity contribution in [2.24, 2.45) is 0 Å². The second kappa shape index (κ2) is 9.82. The summed E-state index contributed by atoms with van der Waals surface area (Å²) in [5.74, 6) is 1.02. The number of amides is 2. The van der Waals surface area contributed by atoms with Gasteiger partial charge in [0, 0.05) is 18.9 Å². The molecule has 0 aliphatic carbocycles. The average molecular weight is 452 g/mol. The highest BCUT2D eigenvalue weighted by Crippen LogP contribution is 2.35. The summed E-state index contributed by atoms with van der Waals surface area (Å²) in [6.07, 6.45) is 0.359. The number of anilines is 1. The lowest BCUT2D eigenvalue weighted by atomic mass is 9.98. The van der Waals surface area contributed by atoms with Crippen LogP contribution in [0.15, 0.2) is 54.6 Å². The molecule has 8 heteroatoms. The minimum Gasteiger partial charge on any atom is -0.493 e. The molecular formula is C24H25N3O4S. The molecule has 1 aliphatic heterocycles. The van der Waals surface area contributed by atoms with Gasteiger partial charge >= 0.3 is 0 Å². The Morgan fingerprint density at radius 1 is 1.19 bits per heavy atom. The third kappa shape index (κ3) is 5.26. The van der Waals surface area contributed by atoms with Crippen LogP contribution in [0.3, 0.4) is 0 Å². The SMILES string of the molecule is COc1ccc(C2CC(=O)N(CC(=O)Nc3cc(C)ns3)C2)cc1OCc1ccccc1. The van der Waals surface area contributed by atoms with Crippen molar-refractivity contribution in [1.29, 1.82) is 0 Å². The van der Waals surface area contributed by atoms with Crippen molar-refractivity contribution >= 4 is 28.3 Å². The smallest absolute Gasteiger partial charge is 0.244 e. The highest BCUT2D eigenvalue weighted by Gasteiger charge is 2.32. The van der Waals surface area contributed by atoms with E-state index in [0.29, 0.717) is 36.1 Å². The first-order valence-electron chi connectivity index (χ1n) is 10.4. The zero-order chi connectivity index (χ0) is 22.5. The summed E-state index contributed by atoms with van der Waals surface area (Å²) in [7, 11) is 1.61. The summed E-state index contributed by atoms with van der Waals surface area (Å²) in [5.41, 5.74) is 2.90. The van der Waals surface area contributed by atoms with Gasteiger partial charge in [-0.3, -0.25) is 9.59 Å². The second-order valence-electron chi connectivity index (χ2n) is 7.74. The number of methoxy groups -OCH3 is 1. The lowest BCUT2D eigenvalue weighted by Gasteiger charge is -2.17. The lowest BCUT2D eigenvalue weighted by molar-refractivity contribution is -0.131. The number of nitrogens with one attached hydrogen (secondary N) is 1. The molecule has 1 N–H and O–H groups in total. The van der Waals surface area contributed by atoms with Crippen molar-refractivity contribution in [3.8, 4) is 11.5 Å². The first-order chi connectivity index (χ1) is 15.5. The fourth-order valence-electron chi connectivity index (χ4n) is 3.72. The summed E-state index contributed by atoms with van der Waals surface area (Å²) in [6, 6.07) is 17.5. The largest absolute Gasteiger partial charge is 0.493 e. The number of hydrogen-bond acceptors (Lipinski definition) is 6. The number of nitrogens with zero attached hydrogens (tertiary/aromatic N) is 2. The fraction of sp³-hybridized carbons (Fsp3) is 0.292. The molecule has 1 saturated heterocycles. The van der Waals surface area contributed by atoms with Gasteiger partial charge < -0.3 is 19.7 Å². The number of carbonyl (C=O) groups excluding carboxylic acids is 2. The van der Waals surface area contributed by atoms with E-state index in [-0.39, 0.29) is 24.3 Å². The van der Waals surface area contributed by atoms with Crippen molar-refractivity contribution in [1.82, 2.24) is 9.27 Å². The van der Waals surface area contributed by atoms with Gasteiger partial charge in [0.1, 0.15) is 11.6 Å². The van der Waals surface area contributed by atoms with E-state index in [0.717, 1.165) is 16.8 Å². The maximum atomic E-state index is 12.5. The van der Waals surface area contributed by atoms with Gasteiger partial charge in [0.2, 0.25) is 11.8 Å². The Hall–Kier alpha value is -3.39. The Morgan fingerprint density at radius 3 is 2.72 bits per heavy atom. The first-order valence-corrected chi connectivity index (χ1v) is 11.1. The van der Waals surface area contributed by atoms with Crippen LogP contribution < -0.4 is 14.8 Å². The van der Waals surface area contributed by atoms with Crippen LogP contribution in [0.25, 0.3) is 0 Å². The number of carbonyl (C=O) groups is 2. The first kappa shape index (κ1) is 21.8. The minimum atomic E-state index is -0.218. The molecule has 0 saturated carbocycles. The molecular weight excluding hydrogens is 426 g/mol. The maximum Gasteiger partial charge on any atom is 0.244 e.